The summed E-state index contributed by atoms with van der Waals surface area (Å²) in [7, 11) is 0. The number of hydrogen-bond acceptors (Lipinski definition) is 2. The molecule has 2 rings (SSSR count). The van der Waals surface area contributed by atoms with E-state index in [2.05, 4.69) is 24.0 Å². The van der Waals surface area contributed by atoms with Crippen molar-refractivity contribution in [1.29, 1.82) is 0 Å². The highest BCUT2D eigenvalue weighted by molar-refractivity contribution is 7.99. The first-order valence-corrected chi connectivity index (χ1v) is 8.97. The van der Waals surface area contributed by atoms with Crippen LogP contribution >= 0.6 is 23.4 Å². The van der Waals surface area contributed by atoms with Crippen LogP contribution in [0.1, 0.15) is 31.7 Å². The minimum Gasteiger partial charge on any atom is -0.314 e. The summed E-state index contributed by atoms with van der Waals surface area (Å²) in [5.74, 6) is 3.16. The van der Waals surface area contributed by atoms with Crippen LogP contribution in [-0.4, -0.2) is 24.1 Å². The van der Waals surface area contributed by atoms with E-state index < -0.39 is 0 Å². The summed E-state index contributed by atoms with van der Waals surface area (Å²) in [5, 5.41) is 4.21. The molecule has 1 atom stereocenters. The van der Waals surface area contributed by atoms with Crippen LogP contribution in [0.4, 0.5) is 4.39 Å². The summed E-state index contributed by atoms with van der Waals surface area (Å²) in [6, 6.07) is 5.05. The lowest BCUT2D eigenvalue weighted by molar-refractivity contribution is 0.366. The SMILES string of the molecule is CCNC(Cc1cc(F)ccc1Cl)CC1CCSCC1. The zero-order valence-corrected chi connectivity index (χ0v) is 13.6. The predicted octanol–water partition coefficient (Wildman–Crippen LogP) is 4.53. The van der Waals surface area contributed by atoms with E-state index >= 15 is 0 Å². The van der Waals surface area contributed by atoms with Gasteiger partial charge in [0.15, 0.2) is 0 Å². The third kappa shape index (κ3) is 4.94. The Kier molecular flexibility index (Phi) is 6.66. The zero-order valence-electron chi connectivity index (χ0n) is 12.0. The van der Waals surface area contributed by atoms with Crippen molar-refractivity contribution in [2.24, 2.45) is 5.92 Å². The number of likely N-dealkylation sites (N-methyl/N-ethyl adjacent to an activating group) is 1. The van der Waals surface area contributed by atoms with E-state index in [-0.39, 0.29) is 5.82 Å². The molecule has 1 nitrogen and oxygen atoms in total. The molecule has 1 unspecified atom stereocenters. The lowest BCUT2D eigenvalue weighted by Gasteiger charge is -2.27. The maximum atomic E-state index is 13.4. The third-order valence-corrected chi connectivity index (χ3v) is 5.34. The summed E-state index contributed by atoms with van der Waals surface area (Å²) >= 11 is 8.24. The van der Waals surface area contributed by atoms with E-state index in [9.17, 15) is 4.39 Å². The second-order valence-corrected chi connectivity index (χ2v) is 7.12. The number of thioether (sulfide) groups is 1. The third-order valence-electron chi connectivity index (χ3n) is 3.93. The van der Waals surface area contributed by atoms with E-state index in [0.717, 1.165) is 24.4 Å². The van der Waals surface area contributed by atoms with E-state index in [0.29, 0.717) is 11.1 Å². The number of benzene rings is 1. The number of hydrogen-bond donors (Lipinski definition) is 1. The fourth-order valence-corrected chi connectivity index (χ4v) is 4.28. The van der Waals surface area contributed by atoms with Crippen LogP contribution in [0.25, 0.3) is 0 Å². The van der Waals surface area contributed by atoms with Gasteiger partial charge in [0.05, 0.1) is 0 Å². The molecule has 0 saturated carbocycles. The van der Waals surface area contributed by atoms with Crippen molar-refractivity contribution in [1.82, 2.24) is 5.32 Å². The van der Waals surface area contributed by atoms with E-state index in [1.54, 1.807) is 12.1 Å². The van der Waals surface area contributed by atoms with Gasteiger partial charge in [-0.3, -0.25) is 0 Å². The highest BCUT2D eigenvalue weighted by atomic mass is 35.5. The molecular weight excluding hydrogens is 293 g/mol. The molecule has 4 heteroatoms. The van der Waals surface area contributed by atoms with Gasteiger partial charge < -0.3 is 5.32 Å². The molecular formula is C16H23ClFNS. The van der Waals surface area contributed by atoms with Gasteiger partial charge in [-0.1, -0.05) is 18.5 Å². The van der Waals surface area contributed by atoms with Crippen LogP contribution in [0.3, 0.4) is 0 Å². The van der Waals surface area contributed by atoms with Crippen molar-refractivity contribution in [3.8, 4) is 0 Å². The smallest absolute Gasteiger partial charge is 0.123 e. The highest BCUT2D eigenvalue weighted by Gasteiger charge is 2.19. The van der Waals surface area contributed by atoms with Crippen molar-refractivity contribution < 1.29 is 4.39 Å². The molecule has 112 valence electrons. The molecule has 0 bridgehead atoms. The Balaban J connectivity index is 1.98. The van der Waals surface area contributed by atoms with Gasteiger partial charge in [0.2, 0.25) is 0 Å². The monoisotopic (exact) mass is 315 g/mol. The minimum atomic E-state index is -0.200. The molecule has 1 heterocycles. The van der Waals surface area contributed by atoms with Gasteiger partial charge in [0.1, 0.15) is 5.82 Å². The number of halogens is 2. The molecule has 1 saturated heterocycles. The van der Waals surface area contributed by atoms with E-state index in [1.807, 2.05) is 0 Å². The lowest BCUT2D eigenvalue weighted by Crippen LogP contribution is -2.34. The van der Waals surface area contributed by atoms with Crippen LogP contribution in [0, 0.1) is 11.7 Å². The molecule has 1 aliphatic rings. The summed E-state index contributed by atoms with van der Waals surface area (Å²) in [6.07, 6.45) is 4.60. The van der Waals surface area contributed by atoms with Gasteiger partial charge in [0.25, 0.3) is 0 Å². The largest absolute Gasteiger partial charge is 0.314 e. The molecule has 1 N–H and O–H groups in total. The number of rotatable bonds is 6. The molecule has 0 aromatic heterocycles. The molecule has 1 aromatic carbocycles. The Morgan fingerprint density at radius 1 is 1.40 bits per heavy atom. The van der Waals surface area contributed by atoms with Crippen molar-refractivity contribution in [2.45, 2.75) is 38.6 Å². The van der Waals surface area contributed by atoms with Gasteiger partial charge in [-0.25, -0.2) is 4.39 Å². The summed E-state index contributed by atoms with van der Waals surface area (Å²) in [6.45, 7) is 3.07. The topological polar surface area (TPSA) is 12.0 Å². The van der Waals surface area contributed by atoms with Gasteiger partial charge in [-0.2, -0.15) is 11.8 Å². The minimum absolute atomic E-state index is 0.200. The van der Waals surface area contributed by atoms with Crippen LogP contribution in [0.5, 0.6) is 0 Å². The Hall–Kier alpha value is -0.250. The number of nitrogens with one attached hydrogen (secondary N) is 1. The maximum Gasteiger partial charge on any atom is 0.123 e. The van der Waals surface area contributed by atoms with E-state index in [1.165, 1.54) is 36.8 Å². The van der Waals surface area contributed by atoms with Crippen LogP contribution in [-0.2, 0) is 6.42 Å². The van der Waals surface area contributed by atoms with Gasteiger partial charge in [0, 0.05) is 11.1 Å². The molecule has 1 aliphatic heterocycles. The van der Waals surface area contributed by atoms with Crippen molar-refractivity contribution >= 4 is 23.4 Å². The molecule has 0 spiro atoms. The molecule has 0 amide bonds. The second-order valence-electron chi connectivity index (χ2n) is 5.49. The quantitative estimate of drug-likeness (QED) is 0.827. The average Bonchev–Trinajstić information content (AvgIpc) is 2.44. The van der Waals surface area contributed by atoms with Gasteiger partial charge in [-0.05, 0) is 73.4 Å². The van der Waals surface area contributed by atoms with E-state index in [4.69, 9.17) is 11.6 Å². The van der Waals surface area contributed by atoms with Crippen molar-refractivity contribution in [3.05, 3.63) is 34.6 Å². The van der Waals surface area contributed by atoms with Gasteiger partial charge in [-0.15, -0.1) is 0 Å². The molecule has 0 aliphatic carbocycles. The first-order chi connectivity index (χ1) is 9.69. The summed E-state index contributed by atoms with van der Waals surface area (Å²) in [5.41, 5.74) is 0.919. The standard InChI is InChI=1S/C16H23ClFNS/c1-2-19-15(9-12-5-7-20-8-6-12)11-13-10-14(18)3-4-16(13)17/h3-4,10,12,15,19H,2,5-9,11H2,1H3. The van der Waals surface area contributed by atoms with Crippen LogP contribution in [0.15, 0.2) is 18.2 Å². The first kappa shape index (κ1) is 16.1. The fraction of sp³-hybridized carbons (Fsp3) is 0.625. The Morgan fingerprint density at radius 3 is 2.85 bits per heavy atom. The normalized spacial score (nSPS) is 18.1. The molecule has 0 radical (unpaired) electrons. The average molecular weight is 316 g/mol. The highest BCUT2D eigenvalue weighted by Crippen LogP contribution is 2.28. The fourth-order valence-electron chi connectivity index (χ4n) is 2.88. The molecule has 1 aromatic rings. The van der Waals surface area contributed by atoms with Crippen LogP contribution < -0.4 is 5.32 Å². The summed E-state index contributed by atoms with van der Waals surface area (Å²) in [4.78, 5) is 0. The maximum absolute atomic E-state index is 13.4. The van der Waals surface area contributed by atoms with Crippen molar-refractivity contribution in [3.63, 3.8) is 0 Å². The van der Waals surface area contributed by atoms with Gasteiger partial charge >= 0.3 is 0 Å². The lowest BCUT2D eigenvalue weighted by atomic mass is 9.91. The Morgan fingerprint density at radius 2 is 2.15 bits per heavy atom. The Labute approximate surface area is 130 Å². The molecule has 20 heavy (non-hydrogen) atoms. The zero-order chi connectivity index (χ0) is 14.4. The molecule has 1 fully saturated rings. The first-order valence-electron chi connectivity index (χ1n) is 7.44. The summed E-state index contributed by atoms with van der Waals surface area (Å²) < 4.78 is 13.4. The van der Waals surface area contributed by atoms with Crippen molar-refractivity contribution in [2.75, 3.05) is 18.1 Å². The predicted molar refractivity (Wildman–Crippen MR) is 87.2 cm³/mol. The van der Waals surface area contributed by atoms with Crippen LogP contribution in [0.2, 0.25) is 5.02 Å². The second kappa shape index (κ2) is 8.26. The Bertz CT molecular complexity index is 421.